The van der Waals surface area contributed by atoms with Gasteiger partial charge in [0, 0.05) is 12.8 Å². The van der Waals surface area contributed by atoms with Crippen LogP contribution in [0.2, 0.25) is 0 Å². The van der Waals surface area contributed by atoms with Gasteiger partial charge in [0.05, 0.1) is 6.61 Å². The van der Waals surface area contributed by atoms with Crippen molar-refractivity contribution < 1.29 is 24.2 Å². The van der Waals surface area contributed by atoms with E-state index >= 15 is 0 Å². The number of carbonyl (C=O) groups excluding carboxylic acids is 2. The molecule has 5 heteroatoms. The summed E-state index contributed by atoms with van der Waals surface area (Å²) in [5.41, 5.74) is 0. The summed E-state index contributed by atoms with van der Waals surface area (Å²) < 4.78 is 10.6. The third-order valence-corrected chi connectivity index (χ3v) is 11.3. The van der Waals surface area contributed by atoms with Gasteiger partial charge in [-0.1, -0.05) is 247 Å². The third-order valence-electron chi connectivity index (χ3n) is 11.3. The van der Waals surface area contributed by atoms with E-state index in [1.54, 1.807) is 0 Å². The van der Waals surface area contributed by atoms with E-state index in [1.165, 1.54) is 148 Å². The predicted octanol–water partition coefficient (Wildman–Crippen LogP) is 17.2. The van der Waals surface area contributed by atoms with Gasteiger partial charge in [-0.2, -0.15) is 0 Å². The first-order valence-electron chi connectivity index (χ1n) is 26.0. The number of unbranched alkanes of at least 4 members (excludes halogenated alkanes) is 27. The Balaban J connectivity index is 3.44. The Kier molecular flexibility index (Phi) is 49.4. The van der Waals surface area contributed by atoms with Gasteiger partial charge in [-0.15, -0.1) is 0 Å². The van der Waals surface area contributed by atoms with E-state index in [0.717, 1.165) is 77.0 Å². The van der Waals surface area contributed by atoms with Crippen LogP contribution in [0.3, 0.4) is 0 Å². The molecule has 0 radical (unpaired) electrons. The Morgan fingerprint density at radius 2 is 0.705 bits per heavy atom. The number of ether oxygens (including phenoxy) is 2. The Hall–Kier alpha value is -2.66. The van der Waals surface area contributed by atoms with Crippen molar-refractivity contribution in [1.29, 1.82) is 0 Å². The maximum atomic E-state index is 12.2. The molecule has 352 valence electrons. The van der Waals surface area contributed by atoms with Crippen LogP contribution in [0.25, 0.3) is 0 Å². The maximum Gasteiger partial charge on any atom is 0.306 e. The zero-order chi connectivity index (χ0) is 44.2. The quantitative estimate of drug-likeness (QED) is 0.0375. The lowest BCUT2D eigenvalue weighted by molar-refractivity contribution is -0.161. The molecular weight excluding hydrogens is 753 g/mol. The molecule has 0 fully saturated rings. The molecule has 0 aliphatic carbocycles. The predicted molar refractivity (Wildman–Crippen MR) is 265 cm³/mol. The molecule has 0 aromatic carbocycles. The van der Waals surface area contributed by atoms with E-state index in [4.69, 9.17) is 9.47 Å². The summed E-state index contributed by atoms with van der Waals surface area (Å²) >= 11 is 0. The van der Waals surface area contributed by atoms with Gasteiger partial charge in [0.1, 0.15) is 6.61 Å². The summed E-state index contributed by atoms with van der Waals surface area (Å²) in [7, 11) is 0. The molecule has 61 heavy (non-hydrogen) atoms. The molecule has 0 bridgehead atoms. The fourth-order valence-electron chi connectivity index (χ4n) is 7.38. The van der Waals surface area contributed by atoms with Crippen molar-refractivity contribution in [2.24, 2.45) is 0 Å². The van der Waals surface area contributed by atoms with Crippen LogP contribution in [-0.2, 0) is 19.1 Å². The van der Waals surface area contributed by atoms with Crippen LogP contribution in [0.15, 0.2) is 72.9 Å². The smallest absolute Gasteiger partial charge is 0.306 e. The first-order chi connectivity index (χ1) is 30.1. The normalized spacial score (nSPS) is 12.8. The fourth-order valence-corrected chi connectivity index (χ4v) is 7.38. The minimum atomic E-state index is -0.768. The van der Waals surface area contributed by atoms with E-state index in [2.05, 4.69) is 86.8 Å². The Labute approximate surface area is 378 Å². The first kappa shape index (κ1) is 58.3. The standard InChI is InChI=1S/C56H98O5/c1-3-5-7-9-11-13-15-16-17-18-19-20-21-22-23-24-25-26-27-28-29-30-31-32-33-34-35-36-37-38-39-40-41-43-45-47-49-51-56(59)61-54(52-57)53-60-55(58)50-48-46-44-42-14-12-10-8-6-4-2/h5,7,11,13,16-17,19-20,22-23,25-26,54,57H,3-4,6,8-10,12,14-15,18,21,24,27-53H2,1-2H3/b7-5-,13-11-,17-16-,20-19-,23-22-,26-25-. The van der Waals surface area contributed by atoms with E-state index in [9.17, 15) is 14.7 Å². The summed E-state index contributed by atoms with van der Waals surface area (Å²) in [6, 6.07) is 0. The van der Waals surface area contributed by atoms with Gasteiger partial charge in [0.25, 0.3) is 0 Å². The van der Waals surface area contributed by atoms with Gasteiger partial charge in [-0.25, -0.2) is 0 Å². The molecule has 0 aliphatic rings. The SMILES string of the molecule is CC/C=C\C/C=C\C/C=C\C/C=C\C/C=C\C/C=C\CCCCCCCCCCCCCCCCCCCCC(=O)OC(CO)COC(=O)CCCCCCCCCCCC. The van der Waals surface area contributed by atoms with Gasteiger partial charge in [0.2, 0.25) is 0 Å². The number of aliphatic hydroxyl groups excluding tert-OH is 1. The molecule has 0 rings (SSSR count). The number of esters is 2. The highest BCUT2D eigenvalue weighted by molar-refractivity contribution is 5.70. The summed E-state index contributed by atoms with van der Waals surface area (Å²) in [5.74, 6) is -0.585. The van der Waals surface area contributed by atoms with Gasteiger partial charge in [-0.3, -0.25) is 9.59 Å². The lowest BCUT2D eigenvalue weighted by Gasteiger charge is -2.15. The van der Waals surface area contributed by atoms with Crippen LogP contribution in [-0.4, -0.2) is 36.4 Å². The van der Waals surface area contributed by atoms with Crippen LogP contribution in [0.5, 0.6) is 0 Å². The molecular formula is C56H98O5. The molecule has 0 saturated carbocycles. The Morgan fingerprint density at radius 3 is 1.07 bits per heavy atom. The number of aliphatic hydroxyl groups is 1. The molecule has 1 atom stereocenters. The molecule has 0 saturated heterocycles. The van der Waals surface area contributed by atoms with Crippen molar-refractivity contribution in [3.05, 3.63) is 72.9 Å². The van der Waals surface area contributed by atoms with Gasteiger partial charge in [-0.05, 0) is 64.2 Å². The van der Waals surface area contributed by atoms with Crippen LogP contribution in [0.4, 0.5) is 0 Å². The molecule has 0 amide bonds. The van der Waals surface area contributed by atoms with Crippen LogP contribution >= 0.6 is 0 Å². The zero-order valence-electron chi connectivity index (χ0n) is 40.2. The van der Waals surface area contributed by atoms with Crippen LogP contribution in [0, 0.1) is 0 Å². The molecule has 0 aromatic rings. The second kappa shape index (κ2) is 51.7. The van der Waals surface area contributed by atoms with Crippen molar-refractivity contribution in [3.8, 4) is 0 Å². The average Bonchev–Trinajstić information content (AvgIpc) is 3.26. The number of hydrogen-bond donors (Lipinski definition) is 1. The number of rotatable bonds is 47. The molecule has 5 nitrogen and oxygen atoms in total. The highest BCUT2D eigenvalue weighted by atomic mass is 16.6. The van der Waals surface area contributed by atoms with Crippen molar-refractivity contribution in [2.75, 3.05) is 13.2 Å². The second-order valence-electron chi connectivity index (χ2n) is 17.2. The molecule has 1 N–H and O–H groups in total. The van der Waals surface area contributed by atoms with Crippen molar-refractivity contribution >= 4 is 11.9 Å². The van der Waals surface area contributed by atoms with Gasteiger partial charge < -0.3 is 14.6 Å². The van der Waals surface area contributed by atoms with Crippen molar-refractivity contribution in [1.82, 2.24) is 0 Å². The van der Waals surface area contributed by atoms with E-state index in [0.29, 0.717) is 12.8 Å². The zero-order valence-corrected chi connectivity index (χ0v) is 40.2. The second-order valence-corrected chi connectivity index (χ2v) is 17.2. The highest BCUT2D eigenvalue weighted by Crippen LogP contribution is 2.16. The summed E-state index contributed by atoms with van der Waals surface area (Å²) in [5, 5.41) is 9.58. The van der Waals surface area contributed by atoms with Crippen molar-refractivity contribution in [2.45, 2.75) is 258 Å². The van der Waals surface area contributed by atoms with E-state index < -0.39 is 6.10 Å². The number of allylic oxidation sites excluding steroid dienone is 12. The largest absolute Gasteiger partial charge is 0.462 e. The fraction of sp³-hybridized carbons (Fsp3) is 0.750. The Morgan fingerprint density at radius 1 is 0.393 bits per heavy atom. The maximum absolute atomic E-state index is 12.2. The molecule has 0 aliphatic heterocycles. The molecule has 1 unspecified atom stereocenters. The first-order valence-corrected chi connectivity index (χ1v) is 26.0. The van der Waals surface area contributed by atoms with Gasteiger partial charge >= 0.3 is 11.9 Å². The Bertz CT molecular complexity index is 1100. The topological polar surface area (TPSA) is 72.8 Å². The third kappa shape index (κ3) is 49.9. The summed E-state index contributed by atoms with van der Waals surface area (Å²) in [4.78, 5) is 24.3. The average molecular weight is 851 g/mol. The highest BCUT2D eigenvalue weighted by Gasteiger charge is 2.16. The molecule has 0 heterocycles. The summed E-state index contributed by atoms with van der Waals surface area (Å²) in [6.45, 7) is 4.02. The van der Waals surface area contributed by atoms with Crippen molar-refractivity contribution in [3.63, 3.8) is 0 Å². The number of hydrogen-bond acceptors (Lipinski definition) is 5. The lowest BCUT2D eigenvalue weighted by Crippen LogP contribution is -2.28. The van der Waals surface area contributed by atoms with Crippen LogP contribution < -0.4 is 0 Å². The molecule has 0 aromatic heterocycles. The monoisotopic (exact) mass is 851 g/mol. The minimum absolute atomic E-state index is 0.0629. The lowest BCUT2D eigenvalue weighted by atomic mass is 10.0. The van der Waals surface area contributed by atoms with Crippen LogP contribution in [0.1, 0.15) is 251 Å². The molecule has 0 spiro atoms. The van der Waals surface area contributed by atoms with E-state index in [1.807, 2.05) is 0 Å². The summed E-state index contributed by atoms with van der Waals surface area (Å²) in [6.07, 6.45) is 70.2. The number of carbonyl (C=O) groups is 2. The van der Waals surface area contributed by atoms with Gasteiger partial charge in [0.15, 0.2) is 6.10 Å². The van der Waals surface area contributed by atoms with E-state index in [-0.39, 0.29) is 25.2 Å². The minimum Gasteiger partial charge on any atom is -0.462 e.